The third-order valence-corrected chi connectivity index (χ3v) is 2.88. The number of nitrogens with zero attached hydrogens (tertiary/aromatic N) is 1. The van der Waals surface area contributed by atoms with Crippen LogP contribution in [0.1, 0.15) is 25.3 Å². The quantitative estimate of drug-likeness (QED) is 0.787. The van der Waals surface area contributed by atoms with Crippen LogP contribution in [0.15, 0.2) is 18.2 Å². The van der Waals surface area contributed by atoms with Crippen molar-refractivity contribution in [2.45, 2.75) is 26.3 Å². The lowest BCUT2D eigenvalue weighted by molar-refractivity contribution is 0.414. The monoisotopic (exact) mass is 236 g/mol. The Morgan fingerprint density at radius 1 is 1.35 bits per heavy atom. The van der Waals surface area contributed by atoms with Crippen molar-refractivity contribution in [3.63, 3.8) is 0 Å². The highest BCUT2D eigenvalue weighted by Gasteiger charge is 2.08. The van der Waals surface area contributed by atoms with Crippen LogP contribution in [0.5, 0.6) is 5.75 Å². The van der Waals surface area contributed by atoms with Crippen molar-refractivity contribution in [2.75, 3.05) is 32.6 Å². The second kappa shape index (κ2) is 7.17. The molecule has 0 aliphatic rings. The minimum atomic E-state index is 0.870. The normalized spacial score (nSPS) is 10.4. The number of anilines is 1. The molecule has 0 amide bonds. The minimum absolute atomic E-state index is 0.870. The summed E-state index contributed by atoms with van der Waals surface area (Å²) in [6, 6.07) is 6.40. The van der Waals surface area contributed by atoms with Gasteiger partial charge in [0.1, 0.15) is 5.75 Å². The zero-order chi connectivity index (χ0) is 12.7. The lowest BCUT2D eigenvalue weighted by atomic mass is 10.1. The molecule has 1 aromatic rings. The molecule has 0 heterocycles. The van der Waals surface area contributed by atoms with Gasteiger partial charge in [0.15, 0.2) is 0 Å². The fourth-order valence-electron chi connectivity index (χ4n) is 1.87. The second-order valence-electron chi connectivity index (χ2n) is 4.31. The molecule has 1 aromatic carbocycles. The number of ether oxygens (including phenoxy) is 1. The Morgan fingerprint density at radius 3 is 2.71 bits per heavy atom. The van der Waals surface area contributed by atoms with E-state index in [-0.39, 0.29) is 0 Å². The van der Waals surface area contributed by atoms with Gasteiger partial charge in [-0.1, -0.05) is 19.4 Å². The summed E-state index contributed by atoms with van der Waals surface area (Å²) in [5, 5.41) is 3.15. The summed E-state index contributed by atoms with van der Waals surface area (Å²) in [5.74, 6) is 0.955. The summed E-state index contributed by atoms with van der Waals surface area (Å²) in [7, 11) is 5.80. The summed E-state index contributed by atoms with van der Waals surface area (Å²) in [5.41, 5.74) is 2.41. The molecule has 0 saturated heterocycles. The first-order chi connectivity index (χ1) is 8.22. The van der Waals surface area contributed by atoms with Crippen molar-refractivity contribution in [1.29, 1.82) is 0 Å². The smallest absolute Gasteiger partial charge is 0.142 e. The molecule has 1 N–H and O–H groups in total. The third kappa shape index (κ3) is 3.93. The molecular formula is C14H24N2O. The zero-order valence-corrected chi connectivity index (χ0v) is 11.4. The Balaban J connectivity index is 2.83. The average Bonchev–Trinajstić information content (AvgIpc) is 2.36. The standard InChI is InChI=1S/C14H24N2O/c1-5-6-9-16(3)13-8-7-12(11-15-2)10-14(13)17-4/h7-8,10,15H,5-6,9,11H2,1-4H3. The summed E-state index contributed by atoms with van der Waals surface area (Å²) < 4.78 is 5.46. The number of nitrogens with one attached hydrogen (secondary N) is 1. The van der Waals surface area contributed by atoms with Crippen LogP contribution < -0.4 is 15.0 Å². The van der Waals surface area contributed by atoms with Crippen LogP contribution >= 0.6 is 0 Å². The van der Waals surface area contributed by atoms with E-state index in [2.05, 4.69) is 42.4 Å². The molecule has 0 radical (unpaired) electrons. The largest absolute Gasteiger partial charge is 0.495 e. The Morgan fingerprint density at radius 2 is 2.12 bits per heavy atom. The van der Waals surface area contributed by atoms with Gasteiger partial charge in [-0.05, 0) is 31.2 Å². The van der Waals surface area contributed by atoms with Crippen molar-refractivity contribution in [3.8, 4) is 5.75 Å². The summed E-state index contributed by atoms with van der Waals surface area (Å²) in [6.45, 7) is 4.15. The van der Waals surface area contributed by atoms with Gasteiger partial charge < -0.3 is 15.0 Å². The first-order valence-corrected chi connectivity index (χ1v) is 6.25. The molecule has 0 aliphatic heterocycles. The van der Waals surface area contributed by atoms with Gasteiger partial charge in [0.25, 0.3) is 0 Å². The predicted octanol–water partition coefficient (Wildman–Crippen LogP) is 2.65. The van der Waals surface area contributed by atoms with Crippen molar-refractivity contribution in [3.05, 3.63) is 23.8 Å². The number of hydrogen-bond acceptors (Lipinski definition) is 3. The molecule has 96 valence electrons. The molecule has 0 aliphatic carbocycles. The van der Waals surface area contributed by atoms with Crippen molar-refractivity contribution in [1.82, 2.24) is 5.32 Å². The van der Waals surface area contributed by atoms with Gasteiger partial charge >= 0.3 is 0 Å². The maximum absolute atomic E-state index is 5.46. The summed E-state index contributed by atoms with van der Waals surface area (Å²) in [6.07, 6.45) is 2.42. The van der Waals surface area contributed by atoms with Crippen molar-refractivity contribution in [2.24, 2.45) is 0 Å². The second-order valence-corrected chi connectivity index (χ2v) is 4.31. The lowest BCUT2D eigenvalue weighted by Crippen LogP contribution is -2.19. The SMILES string of the molecule is CCCCN(C)c1ccc(CNC)cc1OC. The number of hydrogen-bond donors (Lipinski definition) is 1. The lowest BCUT2D eigenvalue weighted by Gasteiger charge is -2.22. The summed E-state index contributed by atoms with van der Waals surface area (Å²) >= 11 is 0. The van der Waals surface area contributed by atoms with Gasteiger partial charge in [0, 0.05) is 20.1 Å². The van der Waals surface area contributed by atoms with Gasteiger partial charge in [-0.25, -0.2) is 0 Å². The van der Waals surface area contributed by atoms with E-state index in [0.29, 0.717) is 0 Å². The molecule has 17 heavy (non-hydrogen) atoms. The Kier molecular flexibility index (Phi) is 5.84. The summed E-state index contributed by atoms with van der Waals surface area (Å²) in [4.78, 5) is 2.26. The fraction of sp³-hybridized carbons (Fsp3) is 0.571. The maximum atomic E-state index is 5.46. The van der Waals surface area contributed by atoms with E-state index in [9.17, 15) is 0 Å². The van der Waals surface area contributed by atoms with Crippen LogP contribution in [0.4, 0.5) is 5.69 Å². The van der Waals surface area contributed by atoms with Gasteiger partial charge in [-0.15, -0.1) is 0 Å². The molecule has 0 unspecified atom stereocenters. The molecule has 0 saturated carbocycles. The van der Waals surface area contributed by atoms with Gasteiger partial charge in [0.2, 0.25) is 0 Å². The zero-order valence-electron chi connectivity index (χ0n) is 11.4. The molecule has 0 aromatic heterocycles. The predicted molar refractivity (Wildman–Crippen MR) is 73.9 cm³/mol. The highest BCUT2D eigenvalue weighted by atomic mass is 16.5. The average molecular weight is 236 g/mol. The van der Waals surface area contributed by atoms with Crippen LogP contribution in [-0.2, 0) is 6.54 Å². The number of unbranched alkanes of at least 4 members (excludes halogenated alkanes) is 1. The molecule has 0 atom stereocenters. The first-order valence-electron chi connectivity index (χ1n) is 6.25. The highest BCUT2D eigenvalue weighted by Crippen LogP contribution is 2.28. The fourth-order valence-corrected chi connectivity index (χ4v) is 1.87. The van der Waals surface area contributed by atoms with E-state index in [4.69, 9.17) is 4.74 Å². The van der Waals surface area contributed by atoms with Gasteiger partial charge in [-0.2, -0.15) is 0 Å². The van der Waals surface area contributed by atoms with E-state index >= 15 is 0 Å². The number of benzene rings is 1. The van der Waals surface area contributed by atoms with Crippen molar-refractivity contribution < 1.29 is 4.74 Å². The van der Waals surface area contributed by atoms with E-state index in [0.717, 1.165) is 18.8 Å². The highest BCUT2D eigenvalue weighted by molar-refractivity contribution is 5.59. The van der Waals surface area contributed by atoms with E-state index in [1.165, 1.54) is 24.1 Å². The van der Waals surface area contributed by atoms with Crippen LogP contribution in [-0.4, -0.2) is 27.7 Å². The molecule has 0 fully saturated rings. The van der Waals surface area contributed by atoms with E-state index < -0.39 is 0 Å². The molecule has 0 bridgehead atoms. The maximum Gasteiger partial charge on any atom is 0.142 e. The molecule has 0 spiro atoms. The Labute approximate surface area is 105 Å². The number of methoxy groups -OCH3 is 1. The van der Waals surface area contributed by atoms with Crippen LogP contribution in [0.2, 0.25) is 0 Å². The van der Waals surface area contributed by atoms with Crippen LogP contribution in [0, 0.1) is 0 Å². The Bertz CT molecular complexity index is 339. The molecule has 3 heteroatoms. The van der Waals surface area contributed by atoms with Crippen LogP contribution in [0.3, 0.4) is 0 Å². The molecule has 1 rings (SSSR count). The molecular weight excluding hydrogens is 212 g/mol. The number of rotatable bonds is 7. The van der Waals surface area contributed by atoms with E-state index in [1.807, 2.05) is 7.05 Å². The van der Waals surface area contributed by atoms with Gasteiger partial charge in [-0.3, -0.25) is 0 Å². The van der Waals surface area contributed by atoms with E-state index in [1.54, 1.807) is 7.11 Å². The Hall–Kier alpha value is -1.22. The topological polar surface area (TPSA) is 24.5 Å². The van der Waals surface area contributed by atoms with Crippen molar-refractivity contribution >= 4 is 5.69 Å². The minimum Gasteiger partial charge on any atom is -0.495 e. The third-order valence-electron chi connectivity index (χ3n) is 2.88. The first kappa shape index (κ1) is 13.8. The van der Waals surface area contributed by atoms with Gasteiger partial charge in [0.05, 0.1) is 12.8 Å². The van der Waals surface area contributed by atoms with Crippen LogP contribution in [0.25, 0.3) is 0 Å². The molecule has 3 nitrogen and oxygen atoms in total.